The van der Waals surface area contributed by atoms with Gasteiger partial charge >= 0.3 is 0 Å². The Kier molecular flexibility index (Phi) is 2.92. The number of fused-ring (bicyclic) bond motifs is 1. The Hall–Kier alpha value is -0.910. The van der Waals surface area contributed by atoms with Crippen molar-refractivity contribution >= 4 is 10.0 Å². The summed E-state index contributed by atoms with van der Waals surface area (Å²) >= 11 is 0. The average molecular weight is 266 g/mol. The zero-order valence-corrected chi connectivity index (χ0v) is 11.1. The molecule has 1 fully saturated rings. The van der Waals surface area contributed by atoms with Crippen LogP contribution in [0.4, 0.5) is 0 Å². The van der Waals surface area contributed by atoms with Crippen LogP contribution in [0.3, 0.4) is 0 Å². The molecule has 4 nitrogen and oxygen atoms in total. The maximum absolute atomic E-state index is 12.3. The van der Waals surface area contributed by atoms with Crippen molar-refractivity contribution in [3.63, 3.8) is 0 Å². The highest BCUT2D eigenvalue weighted by Gasteiger charge is 2.34. The van der Waals surface area contributed by atoms with E-state index in [1.54, 1.807) is 6.07 Å². The van der Waals surface area contributed by atoms with E-state index in [2.05, 4.69) is 0 Å². The minimum atomic E-state index is -3.32. The molecule has 0 amide bonds. The average Bonchev–Trinajstić information content (AvgIpc) is 2.34. The maximum atomic E-state index is 12.3. The summed E-state index contributed by atoms with van der Waals surface area (Å²) in [6.07, 6.45) is 4.44. The van der Waals surface area contributed by atoms with Crippen LogP contribution in [-0.4, -0.2) is 31.9 Å². The molecule has 0 bridgehead atoms. The van der Waals surface area contributed by atoms with E-state index in [1.165, 1.54) is 21.9 Å². The molecule has 0 aromatic heterocycles. The van der Waals surface area contributed by atoms with Crippen LogP contribution in [0, 0.1) is 0 Å². The number of aryl methyl sites for hydroxylation is 2. The lowest BCUT2D eigenvalue weighted by Crippen LogP contribution is -2.57. The third-order valence-electron chi connectivity index (χ3n) is 3.83. The van der Waals surface area contributed by atoms with E-state index in [0.29, 0.717) is 18.0 Å². The number of nitrogens with zero attached hydrogens (tertiary/aromatic N) is 1. The summed E-state index contributed by atoms with van der Waals surface area (Å²) in [7, 11) is -3.32. The van der Waals surface area contributed by atoms with Crippen molar-refractivity contribution in [3.05, 3.63) is 29.3 Å². The van der Waals surface area contributed by atoms with Crippen molar-refractivity contribution in [1.29, 1.82) is 0 Å². The number of nitrogens with two attached hydrogens (primary N) is 1. The maximum Gasteiger partial charge on any atom is 0.243 e. The summed E-state index contributed by atoms with van der Waals surface area (Å²) in [4.78, 5) is 0.426. The minimum absolute atomic E-state index is 0.00241. The van der Waals surface area contributed by atoms with E-state index in [1.807, 2.05) is 12.1 Å². The Morgan fingerprint density at radius 2 is 1.78 bits per heavy atom. The molecule has 1 aromatic carbocycles. The molecule has 5 heteroatoms. The first kappa shape index (κ1) is 12.1. The molecule has 0 radical (unpaired) electrons. The Morgan fingerprint density at radius 3 is 2.44 bits per heavy atom. The van der Waals surface area contributed by atoms with Gasteiger partial charge in [0.05, 0.1) is 4.90 Å². The first-order chi connectivity index (χ1) is 8.57. The van der Waals surface area contributed by atoms with Crippen LogP contribution < -0.4 is 5.73 Å². The van der Waals surface area contributed by atoms with Crippen molar-refractivity contribution in [2.75, 3.05) is 13.1 Å². The van der Waals surface area contributed by atoms with Gasteiger partial charge in [-0.1, -0.05) is 6.07 Å². The van der Waals surface area contributed by atoms with Crippen LogP contribution in [0.2, 0.25) is 0 Å². The fourth-order valence-electron chi connectivity index (χ4n) is 2.69. The van der Waals surface area contributed by atoms with Crippen molar-refractivity contribution in [1.82, 2.24) is 4.31 Å². The van der Waals surface area contributed by atoms with Gasteiger partial charge in [-0.25, -0.2) is 8.42 Å². The molecule has 2 N–H and O–H groups in total. The van der Waals surface area contributed by atoms with Gasteiger partial charge < -0.3 is 5.73 Å². The first-order valence-electron chi connectivity index (χ1n) is 6.45. The number of hydrogen-bond acceptors (Lipinski definition) is 3. The predicted octanol–water partition coefficient (Wildman–Crippen LogP) is 0.897. The highest BCUT2D eigenvalue weighted by atomic mass is 32.2. The summed E-state index contributed by atoms with van der Waals surface area (Å²) in [6, 6.07) is 5.57. The van der Waals surface area contributed by atoms with E-state index in [4.69, 9.17) is 5.73 Å². The molecular weight excluding hydrogens is 248 g/mol. The van der Waals surface area contributed by atoms with Crippen LogP contribution >= 0.6 is 0 Å². The van der Waals surface area contributed by atoms with Crippen molar-refractivity contribution in [2.24, 2.45) is 5.73 Å². The van der Waals surface area contributed by atoms with Gasteiger partial charge in [0.15, 0.2) is 0 Å². The second-order valence-corrected chi connectivity index (χ2v) is 7.16. The summed E-state index contributed by atoms with van der Waals surface area (Å²) < 4.78 is 26.1. The first-order valence-corrected chi connectivity index (χ1v) is 7.89. The summed E-state index contributed by atoms with van der Waals surface area (Å²) in [5, 5.41) is 0. The topological polar surface area (TPSA) is 63.4 Å². The number of rotatable bonds is 2. The monoisotopic (exact) mass is 266 g/mol. The second kappa shape index (κ2) is 4.33. The van der Waals surface area contributed by atoms with Crippen LogP contribution in [0.1, 0.15) is 24.0 Å². The van der Waals surface area contributed by atoms with E-state index in [9.17, 15) is 8.42 Å². The van der Waals surface area contributed by atoms with Gasteiger partial charge in [-0.05, 0) is 48.9 Å². The Bertz CT molecular complexity index is 562. The van der Waals surface area contributed by atoms with Gasteiger partial charge in [0.1, 0.15) is 0 Å². The molecule has 1 aliphatic carbocycles. The molecule has 0 atom stereocenters. The largest absolute Gasteiger partial charge is 0.325 e. The third-order valence-corrected chi connectivity index (χ3v) is 5.66. The van der Waals surface area contributed by atoms with Gasteiger partial charge in [0.2, 0.25) is 10.0 Å². The van der Waals surface area contributed by atoms with E-state index in [-0.39, 0.29) is 6.04 Å². The molecule has 0 spiro atoms. The lowest BCUT2D eigenvalue weighted by Gasteiger charge is -2.35. The van der Waals surface area contributed by atoms with Crippen LogP contribution in [0.5, 0.6) is 0 Å². The Balaban J connectivity index is 1.92. The standard InChI is InChI=1S/C13H18N2O2S/c14-12-8-15(9-12)18(16,17)13-6-5-10-3-1-2-4-11(10)7-13/h5-7,12H,1-4,8-9,14H2. The SMILES string of the molecule is NC1CN(S(=O)(=O)c2ccc3c(c2)CCCC3)C1. The molecule has 0 unspecified atom stereocenters. The van der Waals surface area contributed by atoms with Gasteiger partial charge in [0.25, 0.3) is 0 Å². The van der Waals surface area contributed by atoms with Crippen LogP contribution in [-0.2, 0) is 22.9 Å². The van der Waals surface area contributed by atoms with Crippen molar-refractivity contribution in [3.8, 4) is 0 Å². The normalized spacial score (nSPS) is 21.4. The van der Waals surface area contributed by atoms with Crippen LogP contribution in [0.25, 0.3) is 0 Å². The number of hydrogen-bond donors (Lipinski definition) is 1. The molecule has 1 aliphatic heterocycles. The third kappa shape index (κ3) is 1.96. The molecule has 1 saturated heterocycles. The molecule has 1 aromatic rings. The summed E-state index contributed by atoms with van der Waals surface area (Å²) in [5.41, 5.74) is 8.16. The molecule has 2 aliphatic rings. The Morgan fingerprint density at radius 1 is 1.11 bits per heavy atom. The molecule has 0 saturated carbocycles. The van der Waals surface area contributed by atoms with Gasteiger partial charge in [-0.15, -0.1) is 0 Å². The summed E-state index contributed by atoms with van der Waals surface area (Å²) in [5.74, 6) is 0. The van der Waals surface area contributed by atoms with E-state index < -0.39 is 10.0 Å². The van der Waals surface area contributed by atoms with E-state index >= 15 is 0 Å². The van der Waals surface area contributed by atoms with E-state index in [0.717, 1.165) is 19.3 Å². The van der Waals surface area contributed by atoms with Crippen molar-refractivity contribution in [2.45, 2.75) is 36.6 Å². The smallest absolute Gasteiger partial charge is 0.243 e. The summed E-state index contributed by atoms with van der Waals surface area (Å²) in [6.45, 7) is 0.888. The zero-order valence-electron chi connectivity index (χ0n) is 10.3. The molecule has 18 heavy (non-hydrogen) atoms. The molecule has 98 valence electrons. The molecule has 3 rings (SSSR count). The molecular formula is C13H18N2O2S. The van der Waals surface area contributed by atoms with Crippen LogP contribution in [0.15, 0.2) is 23.1 Å². The highest BCUT2D eigenvalue weighted by Crippen LogP contribution is 2.27. The quantitative estimate of drug-likeness (QED) is 0.865. The zero-order chi connectivity index (χ0) is 12.8. The minimum Gasteiger partial charge on any atom is -0.325 e. The fourth-order valence-corrected chi connectivity index (χ4v) is 4.29. The van der Waals surface area contributed by atoms with Gasteiger partial charge in [-0.2, -0.15) is 4.31 Å². The number of sulfonamides is 1. The lowest BCUT2D eigenvalue weighted by molar-refractivity contribution is 0.265. The fraction of sp³-hybridized carbons (Fsp3) is 0.538. The van der Waals surface area contributed by atoms with Crippen molar-refractivity contribution < 1.29 is 8.42 Å². The van der Waals surface area contributed by atoms with Gasteiger partial charge in [-0.3, -0.25) is 0 Å². The number of benzene rings is 1. The second-order valence-electron chi connectivity index (χ2n) is 5.22. The Labute approximate surface area is 108 Å². The predicted molar refractivity (Wildman–Crippen MR) is 69.8 cm³/mol. The molecule has 1 heterocycles. The van der Waals surface area contributed by atoms with Gasteiger partial charge in [0, 0.05) is 19.1 Å². The highest BCUT2D eigenvalue weighted by molar-refractivity contribution is 7.89. The lowest BCUT2D eigenvalue weighted by atomic mass is 9.92.